The van der Waals surface area contributed by atoms with Crippen LogP contribution in [0.3, 0.4) is 0 Å². The van der Waals surface area contributed by atoms with Crippen LogP contribution in [0.2, 0.25) is 0 Å². The van der Waals surface area contributed by atoms with Crippen LogP contribution < -0.4 is 30.2 Å². The quantitative estimate of drug-likeness (QED) is 0.139. The Hall–Kier alpha value is -2.89. The highest BCUT2D eigenvalue weighted by atomic mass is 32.2. The van der Waals surface area contributed by atoms with Gasteiger partial charge >= 0.3 is 8.25 Å². The maximum atomic E-state index is 13.6. The van der Waals surface area contributed by atoms with E-state index >= 15 is 0 Å². The lowest BCUT2D eigenvalue weighted by molar-refractivity contribution is 0.266. The predicted molar refractivity (Wildman–Crippen MR) is 136 cm³/mol. The van der Waals surface area contributed by atoms with Crippen LogP contribution in [0, 0.1) is 17.1 Å². The minimum absolute atomic E-state index is 0.0107. The first-order valence-corrected chi connectivity index (χ1v) is 14.4. The summed E-state index contributed by atoms with van der Waals surface area (Å²) >= 11 is 1.00. The summed E-state index contributed by atoms with van der Waals surface area (Å²) in [5, 5.41) is 9.36. The Morgan fingerprint density at radius 2 is 1.73 bits per heavy atom. The second-order valence-electron chi connectivity index (χ2n) is 7.37. The van der Waals surface area contributed by atoms with Crippen LogP contribution in [0.15, 0.2) is 40.6 Å². The van der Waals surface area contributed by atoms with Gasteiger partial charge in [0.1, 0.15) is 16.1 Å². The van der Waals surface area contributed by atoms with Gasteiger partial charge in [-0.25, -0.2) is 17.3 Å². The normalized spacial score (nSPS) is 11.8. The van der Waals surface area contributed by atoms with Crippen LogP contribution in [-0.2, 0) is 19.1 Å². The number of nitrogens with two attached hydrogens (primary N) is 2. The molecule has 0 fully saturated rings. The van der Waals surface area contributed by atoms with E-state index in [0.717, 1.165) is 23.5 Å². The van der Waals surface area contributed by atoms with Gasteiger partial charge in [-0.15, -0.1) is 11.3 Å². The molecular weight excluding hydrogens is 546 g/mol. The Morgan fingerprint density at radius 3 is 2.35 bits per heavy atom. The molecular formula is C22H25FN4O7PS2+. The van der Waals surface area contributed by atoms with Crippen molar-refractivity contribution in [2.45, 2.75) is 17.1 Å². The standard InChI is InChI=1S/C22H25FN4O7PS2/c23-18-11-17(4-3-15(18)13-26)34-35(28)33-14-27-37(29,30)22-10-16-9-19(31-7-1-5-24)20(12-21(16)36-22)32-8-2-6-25/h3-4,9-12,27H,1-2,5-8,14,24-25H2/q+1. The molecule has 0 aliphatic carbocycles. The second kappa shape index (κ2) is 13.6. The number of hydrogen-bond acceptors (Lipinski definition) is 11. The number of sulfonamides is 1. The molecule has 15 heteroatoms. The van der Waals surface area contributed by atoms with E-state index in [1.807, 2.05) is 0 Å². The van der Waals surface area contributed by atoms with E-state index in [-0.39, 0.29) is 15.5 Å². The van der Waals surface area contributed by atoms with Gasteiger partial charge in [-0.05, 0) is 55.6 Å². The summed E-state index contributed by atoms with van der Waals surface area (Å²) in [5.74, 6) is -0.0634. The zero-order valence-electron chi connectivity index (χ0n) is 19.5. The minimum atomic E-state index is -4.03. The number of benzene rings is 2. The van der Waals surface area contributed by atoms with Crippen molar-refractivity contribution in [3.05, 3.63) is 47.8 Å². The molecule has 1 atom stereocenters. The second-order valence-corrected chi connectivity index (χ2v) is 11.3. The van der Waals surface area contributed by atoms with Gasteiger partial charge in [-0.2, -0.15) is 9.98 Å². The van der Waals surface area contributed by atoms with E-state index in [0.29, 0.717) is 60.7 Å². The van der Waals surface area contributed by atoms with Crippen molar-refractivity contribution in [2.24, 2.45) is 11.5 Å². The Labute approximate surface area is 218 Å². The number of nitrogens with zero attached hydrogens (tertiary/aromatic N) is 1. The van der Waals surface area contributed by atoms with Crippen LogP contribution in [-0.4, -0.2) is 41.5 Å². The molecule has 3 aromatic rings. The zero-order valence-corrected chi connectivity index (χ0v) is 22.0. The highest BCUT2D eigenvalue weighted by Crippen LogP contribution is 2.38. The maximum Gasteiger partial charge on any atom is 0.751 e. The van der Waals surface area contributed by atoms with Crippen LogP contribution in [0.25, 0.3) is 10.1 Å². The first-order valence-electron chi connectivity index (χ1n) is 11.0. The smallest absolute Gasteiger partial charge is 0.490 e. The van der Waals surface area contributed by atoms with Gasteiger partial charge in [-0.1, -0.05) is 4.52 Å². The van der Waals surface area contributed by atoms with Gasteiger partial charge < -0.3 is 20.9 Å². The lowest BCUT2D eigenvalue weighted by Gasteiger charge is -2.12. The number of hydrogen-bond donors (Lipinski definition) is 3. The third-order valence-electron chi connectivity index (χ3n) is 4.70. The molecule has 0 spiro atoms. The molecule has 0 saturated carbocycles. The Balaban J connectivity index is 1.66. The predicted octanol–water partition coefficient (Wildman–Crippen LogP) is 3.36. The highest BCUT2D eigenvalue weighted by Gasteiger charge is 2.26. The van der Waals surface area contributed by atoms with Gasteiger partial charge in [0.05, 0.1) is 18.8 Å². The molecule has 1 aromatic heterocycles. The molecule has 2 aromatic carbocycles. The molecule has 198 valence electrons. The molecule has 1 heterocycles. The van der Waals surface area contributed by atoms with Crippen molar-refractivity contribution in [3.8, 4) is 23.3 Å². The van der Waals surface area contributed by atoms with Crippen molar-refractivity contribution in [1.29, 1.82) is 5.26 Å². The van der Waals surface area contributed by atoms with Crippen LogP contribution in [0.1, 0.15) is 18.4 Å². The summed E-state index contributed by atoms with van der Waals surface area (Å²) in [6.45, 7) is 1.01. The fourth-order valence-electron chi connectivity index (χ4n) is 2.90. The van der Waals surface area contributed by atoms with Gasteiger partial charge in [0.25, 0.3) is 10.0 Å². The van der Waals surface area contributed by atoms with Crippen LogP contribution in [0.4, 0.5) is 4.39 Å². The van der Waals surface area contributed by atoms with E-state index < -0.39 is 30.8 Å². The number of nitrogens with one attached hydrogen (secondary N) is 1. The minimum Gasteiger partial charge on any atom is -0.490 e. The molecule has 11 nitrogen and oxygen atoms in total. The molecule has 0 bridgehead atoms. The SMILES string of the molecule is N#Cc1ccc(O[P+](=O)OCNS(=O)(=O)c2cc3cc(OCCCN)c(OCCCN)cc3s2)cc1F. The molecule has 3 rings (SSSR count). The molecule has 0 radical (unpaired) electrons. The van der Waals surface area contributed by atoms with E-state index in [1.165, 1.54) is 12.1 Å². The third kappa shape index (κ3) is 8.05. The van der Waals surface area contributed by atoms with E-state index in [2.05, 4.69) is 4.72 Å². The molecule has 37 heavy (non-hydrogen) atoms. The molecule has 0 aliphatic rings. The number of ether oxygens (including phenoxy) is 2. The summed E-state index contributed by atoms with van der Waals surface area (Å²) in [5.41, 5.74) is 10.8. The van der Waals surface area contributed by atoms with Crippen LogP contribution >= 0.6 is 19.6 Å². The third-order valence-corrected chi connectivity index (χ3v) is 8.34. The van der Waals surface area contributed by atoms with E-state index in [9.17, 15) is 17.4 Å². The van der Waals surface area contributed by atoms with Crippen molar-refractivity contribution >= 4 is 39.7 Å². The summed E-state index contributed by atoms with van der Waals surface area (Å²) < 4.78 is 75.3. The highest BCUT2D eigenvalue weighted by molar-refractivity contribution is 7.91. The van der Waals surface area contributed by atoms with Crippen molar-refractivity contribution < 1.29 is 35.9 Å². The van der Waals surface area contributed by atoms with Crippen molar-refractivity contribution in [1.82, 2.24) is 4.72 Å². The molecule has 0 amide bonds. The molecule has 0 aliphatic heterocycles. The van der Waals surface area contributed by atoms with Crippen molar-refractivity contribution in [3.63, 3.8) is 0 Å². The zero-order chi connectivity index (χ0) is 26.8. The monoisotopic (exact) mass is 571 g/mol. The molecule has 1 unspecified atom stereocenters. The van der Waals surface area contributed by atoms with E-state index in [1.54, 1.807) is 18.2 Å². The first-order chi connectivity index (χ1) is 17.8. The van der Waals surface area contributed by atoms with Gasteiger partial charge in [0.15, 0.2) is 24.0 Å². The first kappa shape index (κ1) is 28.7. The Morgan fingerprint density at radius 1 is 1.05 bits per heavy atom. The molecule has 5 N–H and O–H groups in total. The van der Waals surface area contributed by atoms with Crippen LogP contribution in [0.5, 0.6) is 17.2 Å². The Bertz CT molecular complexity index is 1350. The average Bonchev–Trinajstić information content (AvgIpc) is 3.28. The largest absolute Gasteiger partial charge is 0.751 e. The summed E-state index contributed by atoms with van der Waals surface area (Å²) in [6.07, 6.45) is 1.28. The fraction of sp³-hybridized carbons (Fsp3) is 0.318. The van der Waals surface area contributed by atoms with Gasteiger partial charge in [0, 0.05) is 21.4 Å². The Kier molecular flexibility index (Phi) is 10.5. The van der Waals surface area contributed by atoms with Gasteiger partial charge in [-0.3, -0.25) is 0 Å². The molecule has 0 saturated heterocycles. The number of halogens is 1. The van der Waals surface area contributed by atoms with Crippen molar-refractivity contribution in [2.75, 3.05) is 33.0 Å². The number of fused-ring (bicyclic) bond motifs is 1. The number of nitriles is 1. The summed E-state index contributed by atoms with van der Waals surface area (Å²) in [6, 6.07) is 9.77. The lowest BCUT2D eigenvalue weighted by Crippen LogP contribution is -2.24. The van der Waals surface area contributed by atoms with E-state index in [4.69, 9.17) is 35.3 Å². The van der Waals surface area contributed by atoms with Gasteiger partial charge in [0.2, 0.25) is 0 Å². The fourth-order valence-corrected chi connectivity index (χ4v) is 5.82. The number of rotatable bonds is 15. The topological polar surface area (TPSA) is 176 Å². The summed E-state index contributed by atoms with van der Waals surface area (Å²) in [7, 11) is -6.85. The average molecular weight is 572 g/mol. The number of thiophene rings is 1. The maximum absolute atomic E-state index is 13.6. The summed E-state index contributed by atoms with van der Waals surface area (Å²) in [4.78, 5) is 0. The lowest BCUT2D eigenvalue weighted by atomic mass is 10.2.